The van der Waals surface area contributed by atoms with E-state index in [-0.39, 0.29) is 24.7 Å². The summed E-state index contributed by atoms with van der Waals surface area (Å²) in [6.45, 7) is 5.51. The number of hydrogen-bond acceptors (Lipinski definition) is 5. The van der Waals surface area contributed by atoms with Crippen LogP contribution in [0, 0.1) is 0 Å². The number of phenolic OH excluding ortho intramolecular Hbond substituents is 1. The van der Waals surface area contributed by atoms with Gasteiger partial charge in [-0.2, -0.15) is 0 Å². The molecular weight excluding hydrogens is 346 g/mol. The van der Waals surface area contributed by atoms with Crippen molar-refractivity contribution in [2.45, 2.75) is 45.8 Å². The quantitative estimate of drug-likeness (QED) is 0.735. The summed E-state index contributed by atoms with van der Waals surface area (Å²) in [4.78, 5) is 24.0. The summed E-state index contributed by atoms with van der Waals surface area (Å²) in [5, 5.41) is 12.3. The topological polar surface area (TPSA) is 84.9 Å². The smallest absolute Gasteiger partial charge is 0.412 e. The van der Waals surface area contributed by atoms with Crippen molar-refractivity contribution in [3.63, 3.8) is 0 Å². The zero-order valence-electron chi connectivity index (χ0n) is 15.8. The molecule has 6 nitrogen and oxygen atoms in total. The normalized spacial score (nSPS) is 10.9. The van der Waals surface area contributed by atoms with Gasteiger partial charge in [0.15, 0.2) is 0 Å². The molecule has 0 unspecified atom stereocenters. The first-order valence-electron chi connectivity index (χ1n) is 8.74. The molecule has 0 aliphatic carbocycles. The minimum absolute atomic E-state index is 0.0106. The molecule has 0 aliphatic rings. The van der Waals surface area contributed by atoms with Crippen molar-refractivity contribution in [2.75, 3.05) is 5.32 Å². The molecule has 144 valence electrons. The first-order valence-corrected chi connectivity index (χ1v) is 8.74. The summed E-state index contributed by atoms with van der Waals surface area (Å²) in [6, 6.07) is 14.0. The van der Waals surface area contributed by atoms with E-state index in [1.165, 1.54) is 12.1 Å². The lowest BCUT2D eigenvalue weighted by atomic mass is 10.1. The number of amides is 1. The molecule has 0 heterocycles. The molecule has 2 aromatic carbocycles. The predicted molar refractivity (Wildman–Crippen MR) is 103 cm³/mol. The minimum Gasteiger partial charge on any atom is -0.508 e. The Hall–Kier alpha value is -3.02. The van der Waals surface area contributed by atoms with Gasteiger partial charge in [0, 0.05) is 12.5 Å². The second-order valence-corrected chi connectivity index (χ2v) is 7.11. The van der Waals surface area contributed by atoms with Crippen molar-refractivity contribution >= 4 is 17.7 Å². The number of ether oxygens (including phenoxy) is 2. The van der Waals surface area contributed by atoms with Crippen molar-refractivity contribution in [1.82, 2.24) is 0 Å². The molecule has 2 N–H and O–H groups in total. The molecule has 0 aromatic heterocycles. The second kappa shape index (κ2) is 9.07. The highest BCUT2D eigenvalue weighted by Gasteiger charge is 2.18. The zero-order valence-corrected chi connectivity index (χ0v) is 15.8. The van der Waals surface area contributed by atoms with Crippen LogP contribution < -0.4 is 5.32 Å². The molecule has 0 radical (unpaired) electrons. The Balaban J connectivity index is 1.93. The summed E-state index contributed by atoms with van der Waals surface area (Å²) < 4.78 is 10.5. The maximum absolute atomic E-state index is 12.0. The summed E-state index contributed by atoms with van der Waals surface area (Å²) in [6.07, 6.45) is -0.111. The Morgan fingerprint density at radius 3 is 2.44 bits per heavy atom. The lowest BCUT2D eigenvalue weighted by Crippen LogP contribution is -2.27. The first kappa shape index (κ1) is 20.3. The van der Waals surface area contributed by atoms with Gasteiger partial charge in [-0.05, 0) is 44.4 Å². The van der Waals surface area contributed by atoms with Crippen molar-refractivity contribution in [3.05, 3.63) is 59.7 Å². The fourth-order valence-electron chi connectivity index (χ4n) is 2.36. The van der Waals surface area contributed by atoms with Crippen LogP contribution in [0.3, 0.4) is 0 Å². The molecule has 1 amide bonds. The van der Waals surface area contributed by atoms with E-state index in [4.69, 9.17) is 9.47 Å². The molecular formula is C21H25NO5. The van der Waals surface area contributed by atoms with E-state index in [1.807, 2.05) is 30.3 Å². The third-order valence-electron chi connectivity index (χ3n) is 3.57. The largest absolute Gasteiger partial charge is 0.508 e. The number of hydrogen-bond donors (Lipinski definition) is 2. The van der Waals surface area contributed by atoms with Gasteiger partial charge in [-0.1, -0.05) is 36.4 Å². The Morgan fingerprint density at radius 1 is 1.07 bits per heavy atom. The number of carbonyl (C=O) groups is 2. The van der Waals surface area contributed by atoms with E-state index in [2.05, 4.69) is 5.32 Å². The monoisotopic (exact) mass is 371 g/mol. The fraction of sp³-hybridized carbons (Fsp3) is 0.333. The Bertz CT molecular complexity index is 781. The van der Waals surface area contributed by atoms with Gasteiger partial charge < -0.3 is 14.6 Å². The molecule has 0 saturated heterocycles. The van der Waals surface area contributed by atoms with Gasteiger partial charge in [-0.25, -0.2) is 4.79 Å². The van der Waals surface area contributed by atoms with Gasteiger partial charge in [-0.15, -0.1) is 0 Å². The number of aryl methyl sites for hydroxylation is 1. The van der Waals surface area contributed by atoms with Crippen molar-refractivity contribution in [3.8, 4) is 5.75 Å². The van der Waals surface area contributed by atoms with Gasteiger partial charge in [0.05, 0.1) is 5.69 Å². The number of anilines is 1. The molecule has 27 heavy (non-hydrogen) atoms. The fourth-order valence-corrected chi connectivity index (χ4v) is 2.36. The Kier molecular flexibility index (Phi) is 6.82. The van der Waals surface area contributed by atoms with Crippen LogP contribution in [-0.2, 0) is 27.3 Å². The average molecular weight is 371 g/mol. The van der Waals surface area contributed by atoms with Crippen LogP contribution in [0.15, 0.2) is 48.5 Å². The zero-order chi connectivity index (χ0) is 19.9. The number of benzene rings is 2. The van der Waals surface area contributed by atoms with E-state index in [1.54, 1.807) is 26.8 Å². The first-order chi connectivity index (χ1) is 12.7. The van der Waals surface area contributed by atoms with Crippen LogP contribution in [0.4, 0.5) is 10.5 Å². The van der Waals surface area contributed by atoms with Crippen LogP contribution in [0.2, 0.25) is 0 Å². The lowest BCUT2D eigenvalue weighted by Gasteiger charge is -2.20. The maximum atomic E-state index is 12.0. The highest BCUT2D eigenvalue weighted by Crippen LogP contribution is 2.24. The Labute approximate surface area is 159 Å². The molecule has 2 rings (SSSR count). The SMILES string of the molecule is CC(C)(C)OC(=O)Nc1cc(O)ccc1CCC(=O)OCc1ccccc1. The van der Waals surface area contributed by atoms with Gasteiger partial charge in [0.25, 0.3) is 0 Å². The van der Waals surface area contributed by atoms with Crippen molar-refractivity contribution in [1.29, 1.82) is 0 Å². The molecule has 0 bridgehead atoms. The van der Waals surface area contributed by atoms with E-state index in [0.29, 0.717) is 17.7 Å². The average Bonchev–Trinajstić information content (AvgIpc) is 2.58. The number of carbonyl (C=O) groups excluding carboxylic acids is 2. The molecule has 0 spiro atoms. The number of nitrogens with one attached hydrogen (secondary N) is 1. The van der Waals surface area contributed by atoms with E-state index < -0.39 is 11.7 Å². The second-order valence-electron chi connectivity index (χ2n) is 7.11. The van der Waals surface area contributed by atoms with Gasteiger partial charge in [0.1, 0.15) is 18.0 Å². The minimum atomic E-state index is -0.637. The maximum Gasteiger partial charge on any atom is 0.412 e. The van der Waals surface area contributed by atoms with Crippen LogP contribution in [0.5, 0.6) is 5.75 Å². The molecule has 0 aliphatic heterocycles. The summed E-state index contributed by atoms with van der Waals surface area (Å²) in [7, 11) is 0. The molecule has 6 heteroatoms. The van der Waals surface area contributed by atoms with Crippen LogP contribution in [0.1, 0.15) is 38.3 Å². The summed E-state index contributed by atoms with van der Waals surface area (Å²) >= 11 is 0. The van der Waals surface area contributed by atoms with Crippen molar-refractivity contribution < 1.29 is 24.2 Å². The van der Waals surface area contributed by atoms with Gasteiger partial charge >= 0.3 is 12.1 Å². The van der Waals surface area contributed by atoms with Crippen LogP contribution in [-0.4, -0.2) is 22.8 Å². The lowest BCUT2D eigenvalue weighted by molar-refractivity contribution is -0.144. The van der Waals surface area contributed by atoms with Gasteiger partial charge in [0.2, 0.25) is 0 Å². The van der Waals surface area contributed by atoms with Crippen molar-refractivity contribution in [2.24, 2.45) is 0 Å². The van der Waals surface area contributed by atoms with E-state index >= 15 is 0 Å². The van der Waals surface area contributed by atoms with Crippen LogP contribution in [0.25, 0.3) is 0 Å². The standard InChI is InChI=1S/C21H25NO5/c1-21(2,3)27-20(25)22-18-13-17(23)11-9-16(18)10-12-19(24)26-14-15-7-5-4-6-8-15/h4-9,11,13,23H,10,12,14H2,1-3H3,(H,22,25). The molecule has 0 fully saturated rings. The number of aromatic hydroxyl groups is 1. The molecule has 2 aromatic rings. The van der Waals surface area contributed by atoms with Gasteiger partial charge in [-0.3, -0.25) is 10.1 Å². The summed E-state index contributed by atoms with van der Waals surface area (Å²) in [5.74, 6) is -0.327. The third-order valence-corrected chi connectivity index (χ3v) is 3.57. The number of rotatable bonds is 6. The Morgan fingerprint density at radius 2 is 1.78 bits per heavy atom. The molecule has 0 atom stereocenters. The van der Waals surface area contributed by atoms with Crippen LogP contribution >= 0.6 is 0 Å². The highest BCUT2D eigenvalue weighted by atomic mass is 16.6. The number of phenols is 1. The number of esters is 1. The third kappa shape index (κ3) is 7.40. The summed E-state index contributed by atoms with van der Waals surface area (Å²) in [5.41, 5.74) is 1.39. The molecule has 0 saturated carbocycles. The predicted octanol–water partition coefficient (Wildman–Crippen LogP) is 4.42. The highest BCUT2D eigenvalue weighted by molar-refractivity contribution is 5.86. The van der Waals surface area contributed by atoms with E-state index in [0.717, 1.165) is 5.56 Å². The van der Waals surface area contributed by atoms with E-state index in [9.17, 15) is 14.7 Å².